The van der Waals surface area contributed by atoms with Crippen LogP contribution in [0.4, 0.5) is 0 Å². The van der Waals surface area contributed by atoms with Gasteiger partial charge in [0.1, 0.15) is 0 Å². The number of ether oxygens (including phenoxy) is 1. The Labute approximate surface area is 327 Å². The molecule has 0 aliphatic rings. The van der Waals surface area contributed by atoms with Gasteiger partial charge in [-0.3, -0.25) is 14.5 Å². The maximum atomic E-state index is 13.3. The second kappa shape index (κ2) is 37.4. The molecule has 0 aromatic carbocycles. The van der Waals surface area contributed by atoms with Crippen LogP contribution >= 0.6 is 0 Å². The summed E-state index contributed by atoms with van der Waals surface area (Å²) in [6.07, 6.45) is 35.8. The van der Waals surface area contributed by atoms with E-state index in [-0.39, 0.29) is 18.1 Å². The Bertz CT molecular complexity index is 855. The highest BCUT2D eigenvalue weighted by atomic mass is 16.6. The molecule has 0 aromatic rings. The number of hydrogen-bond donors (Lipinski definition) is 3. The molecule has 0 heterocycles. The van der Waals surface area contributed by atoms with Crippen molar-refractivity contribution in [3.05, 3.63) is 0 Å². The highest BCUT2D eigenvalue weighted by Gasteiger charge is 2.34. The fraction of sp³-hybridized carbons (Fsp3) is 0.933. The van der Waals surface area contributed by atoms with Gasteiger partial charge in [-0.1, -0.05) is 201 Å². The van der Waals surface area contributed by atoms with Gasteiger partial charge in [-0.15, -0.1) is 0 Å². The molecule has 0 aliphatic carbocycles. The minimum atomic E-state index is -1.74. The number of esters is 2. The van der Waals surface area contributed by atoms with Crippen LogP contribution in [0.25, 0.3) is 0 Å². The smallest absolute Gasteiger partial charge is 0.345 e. The van der Waals surface area contributed by atoms with Crippen molar-refractivity contribution in [2.75, 3.05) is 13.2 Å². The van der Waals surface area contributed by atoms with E-state index in [1.54, 1.807) is 0 Å². The number of aliphatic hydroxyl groups is 2. The number of hydrogen-bond acceptors (Lipinski definition) is 7. The van der Waals surface area contributed by atoms with Crippen molar-refractivity contribution in [1.29, 1.82) is 0 Å². The molecule has 314 valence electrons. The second-order valence-corrected chi connectivity index (χ2v) is 15.9. The van der Waals surface area contributed by atoms with E-state index in [1.807, 2.05) is 20.8 Å². The Morgan fingerprint density at radius 1 is 0.547 bits per heavy atom. The number of carbonyl (C=O) groups is 3. The molecule has 1 amide bonds. The SMILES string of the molecule is CCCCCCCCCCCCCCCCCC(=O)NC(C)N(CC)C(C)C(CCCCCCCCCCCCCCCC)C(=O)OC(=O)C(O)CO. The average Bonchev–Trinajstić information content (AvgIpc) is 3.14. The molecular formula is C45H88N2O6. The predicted octanol–water partition coefficient (Wildman–Crippen LogP) is 11.3. The molecule has 0 aromatic heterocycles. The second-order valence-electron chi connectivity index (χ2n) is 15.9. The molecule has 0 spiro atoms. The van der Waals surface area contributed by atoms with E-state index < -0.39 is 30.6 Å². The molecule has 4 atom stereocenters. The van der Waals surface area contributed by atoms with Crippen molar-refractivity contribution in [1.82, 2.24) is 10.2 Å². The highest BCUT2D eigenvalue weighted by molar-refractivity contribution is 5.89. The Kier molecular flexibility index (Phi) is 36.3. The molecule has 0 fully saturated rings. The molecule has 0 bridgehead atoms. The van der Waals surface area contributed by atoms with Crippen LogP contribution in [0, 0.1) is 5.92 Å². The Morgan fingerprint density at radius 3 is 1.26 bits per heavy atom. The first kappa shape index (κ1) is 51.5. The summed E-state index contributed by atoms with van der Waals surface area (Å²) in [5.74, 6) is -2.38. The number of aliphatic hydroxyl groups excluding tert-OH is 2. The summed E-state index contributed by atoms with van der Waals surface area (Å²) < 4.78 is 5.05. The number of carbonyl (C=O) groups excluding carboxylic acids is 3. The third-order valence-corrected chi connectivity index (χ3v) is 11.2. The monoisotopic (exact) mass is 753 g/mol. The largest absolute Gasteiger partial charge is 0.393 e. The molecular weight excluding hydrogens is 665 g/mol. The molecule has 8 heteroatoms. The summed E-state index contributed by atoms with van der Waals surface area (Å²) >= 11 is 0. The van der Waals surface area contributed by atoms with Gasteiger partial charge in [0.15, 0.2) is 6.10 Å². The Balaban J connectivity index is 4.55. The molecule has 0 saturated heterocycles. The molecule has 4 unspecified atom stereocenters. The van der Waals surface area contributed by atoms with Gasteiger partial charge in [-0.05, 0) is 33.2 Å². The topological polar surface area (TPSA) is 116 Å². The summed E-state index contributed by atoms with van der Waals surface area (Å²) in [7, 11) is 0. The van der Waals surface area contributed by atoms with Crippen molar-refractivity contribution in [3.63, 3.8) is 0 Å². The van der Waals surface area contributed by atoms with Crippen LogP contribution in [-0.2, 0) is 19.1 Å². The van der Waals surface area contributed by atoms with Crippen molar-refractivity contribution in [2.45, 2.75) is 252 Å². The van der Waals surface area contributed by atoms with E-state index in [0.717, 1.165) is 32.1 Å². The Hall–Kier alpha value is -1.51. The van der Waals surface area contributed by atoms with Crippen LogP contribution in [0.1, 0.15) is 234 Å². The summed E-state index contributed by atoms with van der Waals surface area (Å²) in [4.78, 5) is 40.4. The summed E-state index contributed by atoms with van der Waals surface area (Å²) in [6.45, 7) is 10.2. The number of nitrogens with one attached hydrogen (secondary N) is 1. The van der Waals surface area contributed by atoms with Crippen LogP contribution in [0.2, 0.25) is 0 Å². The van der Waals surface area contributed by atoms with E-state index >= 15 is 0 Å². The maximum absolute atomic E-state index is 13.3. The summed E-state index contributed by atoms with van der Waals surface area (Å²) in [6, 6.07) is -0.297. The van der Waals surface area contributed by atoms with E-state index in [2.05, 4.69) is 24.1 Å². The number of unbranched alkanes of at least 4 members (excludes halogenated alkanes) is 27. The van der Waals surface area contributed by atoms with E-state index in [1.165, 1.54) is 154 Å². The standard InChI is InChI=1S/C45H88N2O6/c1-6-9-11-13-15-17-19-21-23-25-27-29-31-33-35-37-43(50)46-40(5)47(8-3)39(4)41(44(51)53-45(52)42(49)38-48)36-34-32-30-28-26-24-22-20-18-16-14-12-10-7-2/h39-42,48-49H,6-38H2,1-5H3,(H,46,50). The van der Waals surface area contributed by atoms with Gasteiger partial charge >= 0.3 is 11.9 Å². The number of amides is 1. The molecule has 0 aliphatic heterocycles. The third kappa shape index (κ3) is 29.5. The molecule has 0 saturated carbocycles. The lowest BCUT2D eigenvalue weighted by Gasteiger charge is -2.37. The van der Waals surface area contributed by atoms with Crippen LogP contribution in [0.15, 0.2) is 0 Å². The van der Waals surface area contributed by atoms with Gasteiger partial charge in [0.25, 0.3) is 0 Å². The summed E-state index contributed by atoms with van der Waals surface area (Å²) in [5, 5.41) is 22.0. The van der Waals surface area contributed by atoms with Gasteiger partial charge in [0, 0.05) is 12.5 Å². The van der Waals surface area contributed by atoms with Crippen molar-refractivity contribution in [3.8, 4) is 0 Å². The normalized spacial score (nSPS) is 13.9. The van der Waals surface area contributed by atoms with Crippen molar-refractivity contribution < 1.29 is 29.3 Å². The zero-order valence-corrected chi connectivity index (χ0v) is 35.6. The average molecular weight is 753 g/mol. The predicted molar refractivity (Wildman–Crippen MR) is 222 cm³/mol. The lowest BCUT2D eigenvalue weighted by molar-refractivity contribution is -0.171. The lowest BCUT2D eigenvalue weighted by Crippen LogP contribution is -2.53. The summed E-state index contributed by atoms with van der Waals surface area (Å²) in [5.41, 5.74) is 0. The first-order chi connectivity index (χ1) is 25.7. The highest BCUT2D eigenvalue weighted by Crippen LogP contribution is 2.23. The van der Waals surface area contributed by atoms with Crippen molar-refractivity contribution in [2.24, 2.45) is 5.92 Å². The van der Waals surface area contributed by atoms with Crippen LogP contribution in [0.5, 0.6) is 0 Å². The molecule has 0 rings (SSSR count). The fourth-order valence-electron chi connectivity index (χ4n) is 7.62. The van der Waals surface area contributed by atoms with Crippen molar-refractivity contribution >= 4 is 17.8 Å². The lowest BCUT2D eigenvalue weighted by atomic mass is 9.92. The minimum absolute atomic E-state index is 0.0187. The minimum Gasteiger partial charge on any atom is -0.393 e. The van der Waals surface area contributed by atoms with Crippen LogP contribution in [-0.4, -0.2) is 64.4 Å². The molecule has 0 radical (unpaired) electrons. The zero-order chi connectivity index (χ0) is 39.4. The van der Waals surface area contributed by atoms with E-state index in [4.69, 9.17) is 9.84 Å². The number of rotatable bonds is 39. The maximum Gasteiger partial charge on any atom is 0.345 e. The van der Waals surface area contributed by atoms with Crippen LogP contribution in [0.3, 0.4) is 0 Å². The third-order valence-electron chi connectivity index (χ3n) is 11.2. The van der Waals surface area contributed by atoms with Gasteiger partial charge in [-0.2, -0.15) is 0 Å². The quantitative estimate of drug-likeness (QED) is 0.0248. The first-order valence-electron chi connectivity index (χ1n) is 22.8. The Morgan fingerprint density at radius 2 is 0.906 bits per heavy atom. The zero-order valence-electron chi connectivity index (χ0n) is 35.6. The first-order valence-corrected chi connectivity index (χ1v) is 22.8. The van der Waals surface area contributed by atoms with Gasteiger partial charge in [0.05, 0.1) is 18.7 Å². The van der Waals surface area contributed by atoms with E-state index in [0.29, 0.717) is 19.4 Å². The fourth-order valence-corrected chi connectivity index (χ4v) is 7.62. The van der Waals surface area contributed by atoms with E-state index in [9.17, 15) is 19.5 Å². The van der Waals surface area contributed by atoms with Gasteiger partial charge in [0.2, 0.25) is 5.91 Å². The van der Waals surface area contributed by atoms with Gasteiger partial charge < -0.3 is 20.3 Å². The van der Waals surface area contributed by atoms with Gasteiger partial charge in [-0.25, -0.2) is 4.79 Å². The van der Waals surface area contributed by atoms with Crippen LogP contribution < -0.4 is 5.32 Å². The molecule has 8 nitrogen and oxygen atoms in total. The molecule has 3 N–H and O–H groups in total. The molecule has 53 heavy (non-hydrogen) atoms. The number of nitrogens with zero attached hydrogens (tertiary/aromatic N) is 1.